The van der Waals surface area contributed by atoms with Crippen LogP contribution in [-0.4, -0.2) is 47.7 Å². The lowest BCUT2D eigenvalue weighted by Crippen LogP contribution is -2.32. The number of hydrogen-bond donors (Lipinski definition) is 2. The van der Waals surface area contributed by atoms with Crippen molar-refractivity contribution in [3.63, 3.8) is 0 Å². The number of rotatable bonds is 7. The van der Waals surface area contributed by atoms with Crippen LogP contribution in [0.2, 0.25) is 0 Å². The van der Waals surface area contributed by atoms with Gasteiger partial charge in [-0.15, -0.1) is 0 Å². The average molecular weight is 331 g/mol. The summed E-state index contributed by atoms with van der Waals surface area (Å²) in [5.41, 5.74) is 0.605. The van der Waals surface area contributed by atoms with Crippen LogP contribution >= 0.6 is 0 Å². The predicted octanol–water partition coefficient (Wildman–Crippen LogP) is 1.09. The van der Waals surface area contributed by atoms with E-state index >= 15 is 0 Å². The molecule has 8 nitrogen and oxygen atoms in total. The van der Waals surface area contributed by atoms with Gasteiger partial charge in [-0.25, -0.2) is 9.97 Å². The molecule has 2 rings (SSSR count). The minimum absolute atomic E-state index is 0.0136. The molecule has 0 saturated heterocycles. The summed E-state index contributed by atoms with van der Waals surface area (Å²) in [5, 5.41) is 12.0. The molecule has 0 aliphatic rings. The number of aromatic nitrogens is 2. The second kappa shape index (κ2) is 7.91. The van der Waals surface area contributed by atoms with E-state index in [4.69, 9.17) is 9.47 Å². The van der Waals surface area contributed by atoms with Crippen molar-refractivity contribution in [3.8, 4) is 11.8 Å². The van der Waals surface area contributed by atoms with Crippen LogP contribution in [0, 0.1) is 0 Å². The Labute approximate surface area is 138 Å². The first kappa shape index (κ1) is 17.2. The molecule has 1 atom stereocenters. The van der Waals surface area contributed by atoms with Crippen LogP contribution in [0.1, 0.15) is 21.8 Å². The van der Waals surface area contributed by atoms with Gasteiger partial charge in [0.25, 0.3) is 5.91 Å². The number of benzene rings is 1. The zero-order valence-corrected chi connectivity index (χ0v) is 13.2. The Morgan fingerprint density at radius 3 is 2.21 bits per heavy atom. The van der Waals surface area contributed by atoms with E-state index in [1.54, 1.807) is 30.3 Å². The summed E-state index contributed by atoms with van der Waals surface area (Å²) < 4.78 is 10.1. The van der Waals surface area contributed by atoms with Crippen molar-refractivity contribution in [2.45, 2.75) is 5.92 Å². The molecule has 1 amide bonds. The van der Waals surface area contributed by atoms with Crippen LogP contribution in [0.15, 0.2) is 36.7 Å². The van der Waals surface area contributed by atoms with Gasteiger partial charge in [-0.3, -0.25) is 9.59 Å². The average Bonchev–Trinajstić information content (AvgIpc) is 2.61. The van der Waals surface area contributed by atoms with Crippen LogP contribution in [0.3, 0.4) is 0 Å². The first-order valence-corrected chi connectivity index (χ1v) is 7.07. The highest BCUT2D eigenvalue weighted by Gasteiger charge is 2.24. The first-order valence-electron chi connectivity index (χ1n) is 7.07. The first-order chi connectivity index (χ1) is 11.6. The summed E-state index contributed by atoms with van der Waals surface area (Å²) in [6, 6.07) is 8.65. The third-order valence-corrected chi connectivity index (χ3v) is 3.36. The van der Waals surface area contributed by atoms with Crippen molar-refractivity contribution in [2.75, 3.05) is 20.8 Å². The Hall–Kier alpha value is -3.16. The van der Waals surface area contributed by atoms with Gasteiger partial charge in [-0.2, -0.15) is 0 Å². The number of aliphatic carboxylic acids is 1. The summed E-state index contributed by atoms with van der Waals surface area (Å²) in [5.74, 6) is -2.40. The molecule has 24 heavy (non-hydrogen) atoms. The maximum Gasteiger partial charge on any atom is 0.312 e. The number of methoxy groups -OCH3 is 2. The molecule has 2 N–H and O–H groups in total. The lowest BCUT2D eigenvalue weighted by Gasteiger charge is -2.15. The van der Waals surface area contributed by atoms with E-state index < -0.39 is 17.8 Å². The van der Waals surface area contributed by atoms with Crippen LogP contribution in [0.4, 0.5) is 0 Å². The quantitative estimate of drug-likeness (QED) is 0.781. The smallest absolute Gasteiger partial charge is 0.312 e. The van der Waals surface area contributed by atoms with Crippen molar-refractivity contribution in [3.05, 3.63) is 47.8 Å². The van der Waals surface area contributed by atoms with E-state index in [0.717, 1.165) is 0 Å². The number of carbonyl (C=O) groups is 2. The second-order valence-corrected chi connectivity index (χ2v) is 4.78. The molecular formula is C16H17N3O5. The summed E-state index contributed by atoms with van der Waals surface area (Å²) in [6.07, 6.45) is 1.21. The Morgan fingerprint density at radius 2 is 1.71 bits per heavy atom. The number of carboxylic acids is 1. The third kappa shape index (κ3) is 3.78. The van der Waals surface area contributed by atoms with Crippen molar-refractivity contribution >= 4 is 11.9 Å². The Kier molecular flexibility index (Phi) is 5.67. The van der Waals surface area contributed by atoms with E-state index in [2.05, 4.69) is 15.3 Å². The lowest BCUT2D eigenvalue weighted by atomic mass is 9.99. The zero-order valence-electron chi connectivity index (χ0n) is 13.2. The summed E-state index contributed by atoms with van der Waals surface area (Å²) in [4.78, 5) is 31.6. The molecule has 1 heterocycles. The molecule has 0 radical (unpaired) electrons. The number of nitrogens with zero attached hydrogens (tertiary/aromatic N) is 2. The van der Waals surface area contributed by atoms with Gasteiger partial charge in [0.05, 0.1) is 20.1 Å². The van der Waals surface area contributed by atoms with Crippen LogP contribution in [0.5, 0.6) is 11.8 Å². The number of amides is 1. The standard InChI is InChI=1S/C16H17N3O5/c1-23-14-12(15(24-2)19-9-18-14)13(20)17-8-11(16(21)22)10-6-4-3-5-7-10/h3-7,9,11H,8H2,1-2H3,(H,17,20)(H,21,22). The van der Waals surface area contributed by atoms with Crippen molar-refractivity contribution < 1.29 is 24.2 Å². The molecule has 0 aliphatic carbocycles. The molecule has 0 fully saturated rings. The largest absolute Gasteiger partial charge is 0.481 e. The zero-order chi connectivity index (χ0) is 17.5. The molecule has 0 saturated carbocycles. The topological polar surface area (TPSA) is 111 Å². The fraction of sp³-hybridized carbons (Fsp3) is 0.250. The minimum Gasteiger partial charge on any atom is -0.481 e. The molecule has 1 aromatic carbocycles. The molecule has 1 aromatic heterocycles. The van der Waals surface area contributed by atoms with Crippen LogP contribution < -0.4 is 14.8 Å². The molecule has 8 heteroatoms. The summed E-state index contributed by atoms with van der Waals surface area (Å²) in [7, 11) is 2.73. The van der Waals surface area contributed by atoms with E-state index in [-0.39, 0.29) is 23.9 Å². The number of ether oxygens (including phenoxy) is 2. The summed E-state index contributed by atoms with van der Waals surface area (Å²) >= 11 is 0. The Morgan fingerprint density at radius 1 is 1.12 bits per heavy atom. The Bertz CT molecular complexity index is 699. The molecule has 1 unspecified atom stereocenters. The van der Waals surface area contributed by atoms with E-state index in [0.29, 0.717) is 5.56 Å². The second-order valence-electron chi connectivity index (χ2n) is 4.78. The lowest BCUT2D eigenvalue weighted by molar-refractivity contribution is -0.138. The van der Waals surface area contributed by atoms with Gasteiger partial charge in [0.2, 0.25) is 11.8 Å². The fourth-order valence-corrected chi connectivity index (χ4v) is 2.17. The highest BCUT2D eigenvalue weighted by molar-refractivity contribution is 5.98. The SMILES string of the molecule is COc1ncnc(OC)c1C(=O)NCC(C(=O)O)c1ccccc1. The van der Waals surface area contributed by atoms with E-state index in [1.807, 2.05) is 0 Å². The highest BCUT2D eigenvalue weighted by atomic mass is 16.5. The normalized spacial score (nSPS) is 11.4. The Balaban J connectivity index is 2.19. The minimum atomic E-state index is -1.04. The van der Waals surface area contributed by atoms with Gasteiger partial charge < -0.3 is 19.9 Å². The predicted molar refractivity (Wildman–Crippen MR) is 84.3 cm³/mol. The van der Waals surface area contributed by atoms with Crippen LogP contribution in [-0.2, 0) is 4.79 Å². The van der Waals surface area contributed by atoms with Gasteiger partial charge in [0, 0.05) is 6.54 Å². The van der Waals surface area contributed by atoms with Crippen molar-refractivity contribution in [2.24, 2.45) is 0 Å². The molecule has 0 spiro atoms. The molecule has 0 bridgehead atoms. The van der Waals surface area contributed by atoms with Crippen LogP contribution in [0.25, 0.3) is 0 Å². The van der Waals surface area contributed by atoms with Gasteiger partial charge >= 0.3 is 5.97 Å². The monoisotopic (exact) mass is 331 g/mol. The molecule has 126 valence electrons. The van der Waals surface area contributed by atoms with Crippen molar-refractivity contribution in [1.29, 1.82) is 0 Å². The molecular weight excluding hydrogens is 314 g/mol. The number of nitrogens with one attached hydrogen (secondary N) is 1. The number of carboxylic acid groups (broad SMARTS) is 1. The van der Waals surface area contributed by atoms with Gasteiger partial charge in [-0.05, 0) is 5.56 Å². The number of carbonyl (C=O) groups excluding carboxylic acids is 1. The highest BCUT2D eigenvalue weighted by Crippen LogP contribution is 2.23. The van der Waals surface area contributed by atoms with E-state index in [9.17, 15) is 14.7 Å². The van der Waals surface area contributed by atoms with Gasteiger partial charge in [-0.1, -0.05) is 30.3 Å². The maximum absolute atomic E-state index is 12.4. The fourth-order valence-electron chi connectivity index (χ4n) is 2.17. The maximum atomic E-state index is 12.4. The van der Waals surface area contributed by atoms with Gasteiger partial charge in [0.15, 0.2) is 5.56 Å². The number of hydrogen-bond acceptors (Lipinski definition) is 6. The van der Waals surface area contributed by atoms with Gasteiger partial charge in [0.1, 0.15) is 6.33 Å². The third-order valence-electron chi connectivity index (χ3n) is 3.36. The van der Waals surface area contributed by atoms with Crippen molar-refractivity contribution in [1.82, 2.24) is 15.3 Å². The van der Waals surface area contributed by atoms with E-state index in [1.165, 1.54) is 20.5 Å². The molecule has 2 aromatic rings. The summed E-state index contributed by atoms with van der Waals surface area (Å²) in [6.45, 7) is -0.0978. The molecule has 0 aliphatic heterocycles.